The summed E-state index contributed by atoms with van der Waals surface area (Å²) >= 11 is 6.12. The second kappa shape index (κ2) is 6.41. The van der Waals surface area contributed by atoms with E-state index in [1.807, 2.05) is 0 Å². The molecular weight excluding hydrogens is 370 g/mol. The summed E-state index contributed by atoms with van der Waals surface area (Å²) in [6.07, 6.45) is 5.91. The van der Waals surface area contributed by atoms with Gasteiger partial charge in [0, 0.05) is 0 Å². The molecule has 3 heterocycles. The Morgan fingerprint density at radius 3 is 2.74 bits per heavy atom. The van der Waals surface area contributed by atoms with E-state index in [1.165, 1.54) is 11.0 Å². The molecule has 27 heavy (non-hydrogen) atoms. The van der Waals surface area contributed by atoms with Crippen molar-refractivity contribution < 1.29 is 4.79 Å². The Hall–Kier alpha value is -2.81. The predicted molar refractivity (Wildman–Crippen MR) is 103 cm³/mol. The molecule has 4 rings (SSSR count). The van der Waals surface area contributed by atoms with Crippen molar-refractivity contribution in [3.05, 3.63) is 39.0 Å². The summed E-state index contributed by atoms with van der Waals surface area (Å²) in [5.41, 5.74) is 9.15. The van der Waals surface area contributed by atoms with Gasteiger partial charge in [0.15, 0.2) is 5.82 Å². The van der Waals surface area contributed by atoms with E-state index in [9.17, 15) is 9.59 Å². The number of pyridine rings is 1. The number of aromatic nitrogens is 3. The van der Waals surface area contributed by atoms with Crippen LogP contribution in [0.15, 0.2) is 17.2 Å². The van der Waals surface area contributed by atoms with Gasteiger partial charge in [0.25, 0.3) is 11.5 Å². The third-order valence-corrected chi connectivity index (χ3v) is 5.43. The van der Waals surface area contributed by atoms with E-state index >= 15 is 0 Å². The molecule has 1 aliphatic carbocycles. The quantitative estimate of drug-likeness (QED) is 0.617. The van der Waals surface area contributed by atoms with E-state index in [-0.39, 0.29) is 33.8 Å². The van der Waals surface area contributed by atoms with Crippen LogP contribution < -0.4 is 27.4 Å². The minimum Gasteiger partial charge on any atom is -0.382 e. The fourth-order valence-corrected chi connectivity index (χ4v) is 3.88. The molecule has 9 nitrogen and oxygen atoms in total. The SMILES string of the molecule is Cc1cc(Nc2ncnc(N)c2Cl)c(=O)n2c1C(=O)NC1(CCCCC1)N2. The first-order valence-electron chi connectivity index (χ1n) is 8.80. The molecule has 1 saturated carbocycles. The second-order valence-electron chi connectivity index (χ2n) is 6.99. The van der Waals surface area contributed by atoms with Gasteiger partial charge in [-0.3, -0.25) is 15.0 Å². The Morgan fingerprint density at radius 1 is 1.26 bits per heavy atom. The smallest absolute Gasteiger partial charge is 0.293 e. The van der Waals surface area contributed by atoms with Crippen molar-refractivity contribution in [2.24, 2.45) is 0 Å². The number of carbonyl (C=O) groups is 1. The van der Waals surface area contributed by atoms with Crippen molar-refractivity contribution in [2.75, 3.05) is 16.5 Å². The van der Waals surface area contributed by atoms with E-state index < -0.39 is 5.66 Å². The average Bonchev–Trinajstić information content (AvgIpc) is 2.63. The number of aryl methyl sites for hydroxylation is 1. The highest BCUT2D eigenvalue weighted by molar-refractivity contribution is 6.35. The molecule has 142 valence electrons. The molecule has 0 bridgehead atoms. The molecule has 0 aromatic carbocycles. The van der Waals surface area contributed by atoms with Crippen LogP contribution in [0.1, 0.15) is 48.2 Å². The van der Waals surface area contributed by atoms with Crippen LogP contribution in [0.4, 0.5) is 17.3 Å². The Morgan fingerprint density at radius 2 is 2.00 bits per heavy atom. The number of hydrogen-bond donors (Lipinski definition) is 4. The second-order valence-corrected chi connectivity index (χ2v) is 7.36. The van der Waals surface area contributed by atoms with Crippen LogP contribution in [-0.4, -0.2) is 26.2 Å². The third kappa shape index (κ3) is 2.97. The average molecular weight is 390 g/mol. The maximum Gasteiger partial charge on any atom is 0.293 e. The highest BCUT2D eigenvalue weighted by atomic mass is 35.5. The lowest BCUT2D eigenvalue weighted by molar-refractivity contribution is 0.0833. The number of nitrogens with zero attached hydrogens (tertiary/aromatic N) is 3. The molecule has 2 aliphatic rings. The lowest BCUT2D eigenvalue weighted by atomic mass is 9.88. The molecular formula is C17H20ClN7O2. The van der Waals surface area contributed by atoms with E-state index in [0.717, 1.165) is 32.1 Å². The number of hydrogen-bond acceptors (Lipinski definition) is 7. The minimum absolute atomic E-state index is 0.114. The van der Waals surface area contributed by atoms with Crippen molar-refractivity contribution in [3.63, 3.8) is 0 Å². The van der Waals surface area contributed by atoms with Crippen LogP contribution in [-0.2, 0) is 0 Å². The topological polar surface area (TPSA) is 127 Å². The molecule has 2 aromatic rings. The van der Waals surface area contributed by atoms with Crippen LogP contribution in [0.2, 0.25) is 5.02 Å². The van der Waals surface area contributed by atoms with Gasteiger partial charge in [0.05, 0.1) is 0 Å². The summed E-state index contributed by atoms with van der Waals surface area (Å²) in [6.45, 7) is 1.77. The van der Waals surface area contributed by atoms with Crippen LogP contribution in [0, 0.1) is 6.92 Å². The van der Waals surface area contributed by atoms with E-state index in [1.54, 1.807) is 13.0 Å². The van der Waals surface area contributed by atoms with E-state index in [4.69, 9.17) is 17.3 Å². The van der Waals surface area contributed by atoms with Crippen LogP contribution in [0.5, 0.6) is 0 Å². The number of carbonyl (C=O) groups excluding carboxylic acids is 1. The number of nitrogens with one attached hydrogen (secondary N) is 3. The monoisotopic (exact) mass is 389 g/mol. The van der Waals surface area contributed by atoms with Crippen molar-refractivity contribution >= 4 is 34.8 Å². The normalized spacial score (nSPS) is 17.8. The number of nitrogen functional groups attached to an aromatic ring is 1. The van der Waals surface area contributed by atoms with Crippen LogP contribution >= 0.6 is 11.6 Å². The van der Waals surface area contributed by atoms with E-state index in [2.05, 4.69) is 26.0 Å². The summed E-state index contributed by atoms with van der Waals surface area (Å²) in [5.74, 6) is 0.0950. The van der Waals surface area contributed by atoms with Crippen molar-refractivity contribution in [1.82, 2.24) is 20.0 Å². The van der Waals surface area contributed by atoms with Gasteiger partial charge in [0.2, 0.25) is 0 Å². The Labute approximate surface area is 160 Å². The molecule has 0 radical (unpaired) electrons. The minimum atomic E-state index is -0.589. The Bertz CT molecular complexity index is 982. The zero-order valence-electron chi connectivity index (χ0n) is 14.8. The maximum atomic E-state index is 13.1. The van der Waals surface area contributed by atoms with Crippen LogP contribution in [0.3, 0.4) is 0 Å². The van der Waals surface area contributed by atoms with Gasteiger partial charge >= 0.3 is 0 Å². The molecule has 0 unspecified atom stereocenters. The largest absolute Gasteiger partial charge is 0.382 e. The van der Waals surface area contributed by atoms with Crippen molar-refractivity contribution in [3.8, 4) is 0 Å². The molecule has 2 aromatic heterocycles. The maximum absolute atomic E-state index is 13.1. The molecule has 1 spiro atoms. The molecule has 0 saturated heterocycles. The Balaban J connectivity index is 1.78. The molecule has 10 heteroatoms. The first-order chi connectivity index (χ1) is 12.9. The van der Waals surface area contributed by atoms with E-state index in [0.29, 0.717) is 11.3 Å². The zero-order chi connectivity index (χ0) is 19.2. The third-order valence-electron chi connectivity index (χ3n) is 5.06. The number of halogens is 1. The van der Waals surface area contributed by atoms with Gasteiger partial charge in [-0.25, -0.2) is 14.6 Å². The first-order valence-corrected chi connectivity index (χ1v) is 9.18. The zero-order valence-corrected chi connectivity index (χ0v) is 15.6. The lowest BCUT2D eigenvalue weighted by Gasteiger charge is -2.43. The number of amides is 1. The predicted octanol–water partition coefficient (Wildman–Crippen LogP) is 1.87. The fourth-order valence-electron chi connectivity index (χ4n) is 3.73. The number of nitrogens with two attached hydrogens (primary N) is 1. The Kier molecular flexibility index (Phi) is 4.18. The molecule has 1 amide bonds. The highest BCUT2D eigenvalue weighted by Gasteiger charge is 2.40. The van der Waals surface area contributed by atoms with Gasteiger partial charge in [-0.05, 0) is 44.2 Å². The lowest BCUT2D eigenvalue weighted by Crippen LogP contribution is -2.64. The molecule has 1 fully saturated rings. The van der Waals surface area contributed by atoms with Crippen molar-refractivity contribution in [2.45, 2.75) is 44.7 Å². The summed E-state index contributed by atoms with van der Waals surface area (Å²) in [5, 5.41) is 6.09. The van der Waals surface area contributed by atoms with Gasteiger partial charge in [-0.15, -0.1) is 0 Å². The molecule has 5 N–H and O–H groups in total. The molecule has 1 aliphatic heterocycles. The first kappa shape index (κ1) is 17.6. The highest BCUT2D eigenvalue weighted by Crippen LogP contribution is 2.31. The van der Waals surface area contributed by atoms with Gasteiger partial charge < -0.3 is 16.4 Å². The number of rotatable bonds is 2. The summed E-state index contributed by atoms with van der Waals surface area (Å²) in [4.78, 5) is 33.6. The molecule has 0 atom stereocenters. The fraction of sp³-hybridized carbons (Fsp3) is 0.412. The number of anilines is 3. The summed E-state index contributed by atoms with van der Waals surface area (Å²) in [7, 11) is 0. The van der Waals surface area contributed by atoms with Gasteiger partial charge in [0.1, 0.15) is 34.2 Å². The summed E-state index contributed by atoms with van der Waals surface area (Å²) < 4.78 is 1.33. The van der Waals surface area contributed by atoms with Gasteiger partial charge in [-0.2, -0.15) is 0 Å². The van der Waals surface area contributed by atoms with Crippen molar-refractivity contribution in [1.29, 1.82) is 0 Å². The van der Waals surface area contributed by atoms with Crippen LogP contribution in [0.25, 0.3) is 0 Å². The number of fused-ring (bicyclic) bond motifs is 1. The summed E-state index contributed by atoms with van der Waals surface area (Å²) in [6, 6.07) is 1.60. The standard InChI is InChI=1S/C17H20ClN7O2/c1-9-7-10(22-14-11(18)13(19)20-8-21-14)16(27)25-12(9)15(26)23-17(24-25)5-3-2-4-6-17/h7-8,24H,2-6H2,1H3,(H,23,26)(H3,19,20,21,22). The van der Waals surface area contributed by atoms with Gasteiger partial charge in [-0.1, -0.05) is 18.0 Å².